The standard InChI is InChI=1S/C16H26O6/c1-10(6-11(2)14(18)19-5)13(17)12(3)16-20-7-15(4,8-21-16)9-22-16/h6,10,12-13,17H,7-9H2,1-5H3/b11-6+/t10-,12+,13-,15?,16?/m0/s1. The van der Waals surface area contributed by atoms with Crippen LogP contribution in [0.25, 0.3) is 0 Å². The van der Waals surface area contributed by atoms with E-state index >= 15 is 0 Å². The lowest BCUT2D eigenvalue weighted by Gasteiger charge is -2.53. The summed E-state index contributed by atoms with van der Waals surface area (Å²) in [5.41, 5.74) is 0.348. The van der Waals surface area contributed by atoms with Crippen LogP contribution in [-0.2, 0) is 23.7 Å². The number of esters is 1. The molecule has 3 heterocycles. The monoisotopic (exact) mass is 314 g/mol. The molecule has 3 rings (SSSR count). The maximum atomic E-state index is 11.5. The Morgan fingerprint density at radius 2 is 1.73 bits per heavy atom. The van der Waals surface area contributed by atoms with Gasteiger partial charge in [-0.15, -0.1) is 0 Å². The second kappa shape index (κ2) is 6.28. The van der Waals surface area contributed by atoms with Crippen molar-refractivity contribution < 1.29 is 28.8 Å². The Bertz CT molecular complexity index is 433. The van der Waals surface area contributed by atoms with Gasteiger partial charge in [0.1, 0.15) is 0 Å². The summed E-state index contributed by atoms with van der Waals surface area (Å²) in [5.74, 6) is -2.26. The van der Waals surface area contributed by atoms with E-state index < -0.39 is 24.0 Å². The van der Waals surface area contributed by atoms with Crippen LogP contribution in [0.5, 0.6) is 0 Å². The zero-order valence-electron chi connectivity index (χ0n) is 13.9. The Morgan fingerprint density at radius 1 is 1.23 bits per heavy atom. The summed E-state index contributed by atoms with van der Waals surface area (Å²) in [5, 5.41) is 10.6. The minimum absolute atomic E-state index is 0.112. The van der Waals surface area contributed by atoms with Gasteiger partial charge in [0.25, 0.3) is 5.97 Å². The van der Waals surface area contributed by atoms with E-state index in [0.717, 1.165) is 0 Å². The van der Waals surface area contributed by atoms with Gasteiger partial charge in [0.2, 0.25) is 0 Å². The quantitative estimate of drug-likeness (QED) is 0.612. The minimum atomic E-state index is -1.20. The van der Waals surface area contributed by atoms with Crippen LogP contribution in [0.2, 0.25) is 0 Å². The number of carbonyl (C=O) groups is 1. The average molecular weight is 314 g/mol. The highest BCUT2D eigenvalue weighted by Gasteiger charge is 2.55. The van der Waals surface area contributed by atoms with Crippen LogP contribution < -0.4 is 0 Å². The van der Waals surface area contributed by atoms with Gasteiger partial charge in [-0.1, -0.05) is 26.8 Å². The molecular formula is C16H26O6. The number of methoxy groups -OCH3 is 1. The molecule has 0 saturated carbocycles. The fraction of sp³-hybridized carbons (Fsp3) is 0.812. The first-order valence-electron chi connectivity index (χ1n) is 7.60. The third-order valence-electron chi connectivity index (χ3n) is 4.49. The molecule has 0 radical (unpaired) electrons. The molecular weight excluding hydrogens is 288 g/mol. The summed E-state index contributed by atoms with van der Waals surface area (Å²) in [4.78, 5) is 11.5. The number of ether oxygens (including phenoxy) is 4. The lowest BCUT2D eigenvalue weighted by atomic mass is 9.86. The fourth-order valence-corrected chi connectivity index (χ4v) is 2.86. The van der Waals surface area contributed by atoms with E-state index in [9.17, 15) is 9.90 Å². The molecule has 0 spiro atoms. The zero-order chi connectivity index (χ0) is 16.5. The normalized spacial score (nSPS) is 35.8. The van der Waals surface area contributed by atoms with Gasteiger partial charge in [-0.25, -0.2) is 4.79 Å². The number of aliphatic hydroxyl groups is 1. The molecule has 22 heavy (non-hydrogen) atoms. The van der Waals surface area contributed by atoms with E-state index in [4.69, 9.17) is 14.2 Å². The minimum Gasteiger partial charge on any atom is -0.466 e. The lowest BCUT2D eigenvalue weighted by molar-refractivity contribution is -0.487. The van der Waals surface area contributed by atoms with Gasteiger partial charge in [-0.05, 0) is 6.92 Å². The number of fused-ring (bicyclic) bond motifs is 3. The third-order valence-corrected chi connectivity index (χ3v) is 4.49. The molecule has 3 aliphatic heterocycles. The number of hydrogen-bond donors (Lipinski definition) is 1. The topological polar surface area (TPSA) is 74.2 Å². The van der Waals surface area contributed by atoms with Crippen LogP contribution in [0.3, 0.4) is 0 Å². The van der Waals surface area contributed by atoms with Crippen molar-refractivity contribution in [3.63, 3.8) is 0 Å². The molecule has 126 valence electrons. The van der Waals surface area contributed by atoms with Crippen LogP contribution >= 0.6 is 0 Å². The largest absolute Gasteiger partial charge is 0.466 e. The van der Waals surface area contributed by atoms with Gasteiger partial charge in [0.05, 0.1) is 39.0 Å². The van der Waals surface area contributed by atoms with Gasteiger partial charge in [-0.2, -0.15) is 0 Å². The van der Waals surface area contributed by atoms with Gasteiger partial charge < -0.3 is 24.1 Å². The summed E-state index contributed by atoms with van der Waals surface area (Å²) in [7, 11) is 1.33. The molecule has 2 bridgehead atoms. The molecule has 0 aromatic rings. The molecule has 0 aromatic carbocycles. The van der Waals surface area contributed by atoms with Crippen molar-refractivity contribution in [1.82, 2.24) is 0 Å². The fourth-order valence-electron chi connectivity index (χ4n) is 2.86. The Morgan fingerprint density at radius 3 is 2.18 bits per heavy atom. The van der Waals surface area contributed by atoms with Gasteiger partial charge in [-0.3, -0.25) is 0 Å². The summed E-state index contributed by atoms with van der Waals surface area (Å²) in [6.07, 6.45) is 0.918. The number of aliphatic hydroxyl groups excluding tert-OH is 1. The molecule has 6 nitrogen and oxygen atoms in total. The first-order valence-corrected chi connectivity index (χ1v) is 7.60. The smallest absolute Gasteiger partial charge is 0.333 e. The zero-order valence-corrected chi connectivity index (χ0v) is 13.9. The van der Waals surface area contributed by atoms with Crippen LogP contribution in [-0.4, -0.2) is 50.1 Å². The Balaban J connectivity index is 2.06. The predicted molar refractivity (Wildman–Crippen MR) is 78.8 cm³/mol. The number of rotatable bonds is 5. The van der Waals surface area contributed by atoms with E-state index in [1.807, 2.05) is 20.8 Å². The van der Waals surface area contributed by atoms with Crippen molar-refractivity contribution in [3.05, 3.63) is 11.6 Å². The summed E-state index contributed by atoms with van der Waals surface area (Å²) < 4.78 is 21.9. The number of carbonyl (C=O) groups excluding carboxylic acids is 1. The van der Waals surface area contributed by atoms with Crippen molar-refractivity contribution in [2.75, 3.05) is 26.9 Å². The van der Waals surface area contributed by atoms with Crippen LogP contribution in [0, 0.1) is 17.3 Å². The van der Waals surface area contributed by atoms with E-state index in [2.05, 4.69) is 4.74 Å². The van der Waals surface area contributed by atoms with E-state index in [1.54, 1.807) is 13.0 Å². The molecule has 0 aromatic heterocycles. The van der Waals surface area contributed by atoms with Gasteiger partial charge in [0, 0.05) is 16.9 Å². The van der Waals surface area contributed by atoms with Crippen molar-refractivity contribution in [2.45, 2.75) is 39.8 Å². The Labute approximate surface area is 131 Å². The van der Waals surface area contributed by atoms with Crippen molar-refractivity contribution >= 4 is 5.97 Å². The molecule has 0 aliphatic carbocycles. The van der Waals surface area contributed by atoms with Crippen molar-refractivity contribution in [3.8, 4) is 0 Å². The molecule has 3 atom stereocenters. The predicted octanol–water partition coefficient (Wildman–Crippen LogP) is 1.48. The van der Waals surface area contributed by atoms with Crippen molar-refractivity contribution in [1.29, 1.82) is 0 Å². The molecule has 6 heteroatoms. The molecule has 3 aliphatic rings. The second-order valence-corrected chi connectivity index (χ2v) is 6.76. The van der Waals surface area contributed by atoms with Crippen LogP contribution in [0.1, 0.15) is 27.7 Å². The SMILES string of the molecule is COC(=O)/C(C)=C/[C@H](C)[C@H](O)[C@@H](C)C12OCC(C)(CO1)CO2. The molecule has 3 saturated heterocycles. The highest BCUT2D eigenvalue weighted by Crippen LogP contribution is 2.43. The van der Waals surface area contributed by atoms with Crippen molar-refractivity contribution in [2.24, 2.45) is 17.3 Å². The van der Waals surface area contributed by atoms with Crippen LogP contribution in [0.15, 0.2) is 11.6 Å². The van der Waals surface area contributed by atoms with Gasteiger partial charge >= 0.3 is 5.97 Å². The first kappa shape index (κ1) is 17.4. The van der Waals surface area contributed by atoms with E-state index in [-0.39, 0.29) is 11.3 Å². The Hall–Kier alpha value is -0.950. The second-order valence-electron chi connectivity index (χ2n) is 6.76. The molecule has 0 amide bonds. The first-order chi connectivity index (χ1) is 10.2. The molecule has 0 unspecified atom stereocenters. The number of hydrogen-bond acceptors (Lipinski definition) is 6. The maximum Gasteiger partial charge on any atom is 0.333 e. The molecule has 1 N–H and O–H groups in total. The summed E-state index contributed by atoms with van der Waals surface area (Å²) in [6.45, 7) is 9.02. The molecule has 3 fully saturated rings. The van der Waals surface area contributed by atoms with Crippen LogP contribution in [0.4, 0.5) is 0 Å². The van der Waals surface area contributed by atoms with Gasteiger partial charge in [0.15, 0.2) is 0 Å². The summed E-state index contributed by atoms with van der Waals surface area (Å²) >= 11 is 0. The highest BCUT2D eigenvalue weighted by molar-refractivity contribution is 5.87. The Kier molecular flexibility index (Phi) is 4.96. The average Bonchev–Trinajstić information content (AvgIpc) is 2.53. The van der Waals surface area contributed by atoms with E-state index in [1.165, 1.54) is 7.11 Å². The third kappa shape index (κ3) is 3.20. The van der Waals surface area contributed by atoms with E-state index in [0.29, 0.717) is 25.4 Å². The maximum absolute atomic E-state index is 11.5. The highest BCUT2D eigenvalue weighted by atomic mass is 16.9. The summed E-state index contributed by atoms with van der Waals surface area (Å²) in [6, 6.07) is 0. The lowest BCUT2D eigenvalue weighted by Crippen LogP contribution is -2.63.